The summed E-state index contributed by atoms with van der Waals surface area (Å²) in [6.45, 7) is 0.834. The zero-order valence-electron chi connectivity index (χ0n) is 9.83. The Balaban J connectivity index is 1.78. The molecule has 1 aromatic carbocycles. The summed E-state index contributed by atoms with van der Waals surface area (Å²) in [5.41, 5.74) is 0.807. The number of aromatic nitrogens is 2. The van der Waals surface area contributed by atoms with Gasteiger partial charge in [-0.2, -0.15) is 0 Å². The van der Waals surface area contributed by atoms with Crippen LogP contribution in [0.5, 0.6) is 5.75 Å². The van der Waals surface area contributed by atoms with Gasteiger partial charge in [0.25, 0.3) is 11.1 Å². The number of thioether (sulfide) groups is 1. The number of rotatable bonds is 5. The molecule has 0 saturated carbocycles. The summed E-state index contributed by atoms with van der Waals surface area (Å²) in [4.78, 5) is 0. The van der Waals surface area contributed by atoms with Crippen LogP contribution in [0.3, 0.4) is 0 Å². The first kappa shape index (κ1) is 11.6. The van der Waals surface area contributed by atoms with Crippen molar-refractivity contribution in [2.24, 2.45) is 0 Å². The monoisotopic (exact) mass is 264 g/mol. The van der Waals surface area contributed by atoms with Crippen LogP contribution >= 0.6 is 11.8 Å². The predicted molar refractivity (Wildman–Crippen MR) is 66.8 cm³/mol. The highest BCUT2D eigenvalue weighted by Crippen LogP contribution is 2.31. The van der Waals surface area contributed by atoms with Crippen molar-refractivity contribution in [3.8, 4) is 17.2 Å². The lowest BCUT2D eigenvalue weighted by Gasteiger charge is -2.03. The van der Waals surface area contributed by atoms with Gasteiger partial charge in [-0.25, -0.2) is 0 Å². The van der Waals surface area contributed by atoms with E-state index in [9.17, 15) is 0 Å². The third kappa shape index (κ3) is 2.49. The van der Waals surface area contributed by atoms with E-state index in [1.165, 1.54) is 11.8 Å². The summed E-state index contributed by atoms with van der Waals surface area (Å²) in [5.74, 6) is 2.06. The Hall–Kier alpha value is -1.53. The Bertz CT molecular complexity index is 540. The molecule has 0 aliphatic carbocycles. The smallest absolute Gasteiger partial charge is 0.276 e. The average molecular weight is 264 g/mol. The topological polar surface area (TPSA) is 60.7 Å². The number of benzene rings is 1. The SMILES string of the molecule is COc1ccccc1-c1nnc(SCC2CO2)o1. The maximum Gasteiger partial charge on any atom is 0.276 e. The first-order chi connectivity index (χ1) is 8.86. The van der Waals surface area contributed by atoms with E-state index in [2.05, 4.69) is 10.2 Å². The van der Waals surface area contributed by atoms with Crippen LogP contribution in [0.25, 0.3) is 11.5 Å². The number of epoxide rings is 1. The number of para-hydroxylation sites is 1. The Morgan fingerprint density at radius 2 is 2.22 bits per heavy atom. The summed E-state index contributed by atoms with van der Waals surface area (Å²) in [5, 5.41) is 8.60. The molecule has 1 unspecified atom stereocenters. The average Bonchev–Trinajstić information content (AvgIpc) is 3.13. The summed E-state index contributed by atoms with van der Waals surface area (Å²) < 4.78 is 16.0. The number of hydrogen-bond donors (Lipinski definition) is 0. The lowest BCUT2D eigenvalue weighted by molar-refractivity contribution is 0.411. The molecule has 2 heterocycles. The Labute approximate surface area is 108 Å². The molecule has 0 amide bonds. The number of methoxy groups -OCH3 is 1. The van der Waals surface area contributed by atoms with E-state index in [-0.39, 0.29) is 0 Å². The summed E-state index contributed by atoms with van der Waals surface area (Å²) >= 11 is 1.51. The van der Waals surface area contributed by atoms with E-state index in [0.717, 1.165) is 23.7 Å². The van der Waals surface area contributed by atoms with Gasteiger partial charge in [0.15, 0.2) is 0 Å². The van der Waals surface area contributed by atoms with Crippen LogP contribution in [-0.4, -0.2) is 35.8 Å². The molecule has 1 aromatic heterocycles. The molecule has 0 spiro atoms. The molecule has 1 atom stereocenters. The number of nitrogens with zero attached hydrogens (tertiary/aromatic N) is 2. The summed E-state index contributed by atoms with van der Waals surface area (Å²) in [7, 11) is 1.62. The highest BCUT2D eigenvalue weighted by atomic mass is 32.2. The zero-order valence-corrected chi connectivity index (χ0v) is 10.6. The van der Waals surface area contributed by atoms with Crippen molar-refractivity contribution in [2.45, 2.75) is 11.3 Å². The van der Waals surface area contributed by atoms with Crippen LogP contribution in [0.1, 0.15) is 0 Å². The molecule has 5 nitrogen and oxygen atoms in total. The van der Waals surface area contributed by atoms with Gasteiger partial charge in [-0.3, -0.25) is 0 Å². The molecule has 1 aliphatic heterocycles. The minimum absolute atomic E-state index is 0.344. The normalized spacial score (nSPS) is 17.7. The van der Waals surface area contributed by atoms with Gasteiger partial charge in [0.2, 0.25) is 0 Å². The van der Waals surface area contributed by atoms with Gasteiger partial charge in [-0.1, -0.05) is 23.9 Å². The standard InChI is InChI=1S/C12H12N2O3S/c1-15-10-5-3-2-4-9(10)11-13-14-12(17-11)18-7-8-6-16-8/h2-5,8H,6-7H2,1H3. The van der Waals surface area contributed by atoms with Crippen molar-refractivity contribution in [3.05, 3.63) is 24.3 Å². The zero-order chi connectivity index (χ0) is 12.4. The molecule has 1 saturated heterocycles. The van der Waals surface area contributed by atoms with Crippen LogP contribution < -0.4 is 4.74 Å². The summed E-state index contributed by atoms with van der Waals surface area (Å²) in [6.07, 6.45) is 0.344. The molecule has 1 fully saturated rings. The first-order valence-corrected chi connectivity index (χ1v) is 6.56. The number of hydrogen-bond acceptors (Lipinski definition) is 6. The molecule has 6 heteroatoms. The lowest BCUT2D eigenvalue weighted by atomic mass is 10.2. The van der Waals surface area contributed by atoms with Gasteiger partial charge in [0.05, 0.1) is 25.4 Å². The van der Waals surface area contributed by atoms with Gasteiger partial charge in [0, 0.05) is 5.75 Å². The molecule has 1 aliphatic rings. The van der Waals surface area contributed by atoms with Gasteiger partial charge in [-0.05, 0) is 12.1 Å². The van der Waals surface area contributed by atoms with Gasteiger partial charge < -0.3 is 13.9 Å². The Kier molecular flexibility index (Phi) is 3.21. The van der Waals surface area contributed by atoms with E-state index >= 15 is 0 Å². The van der Waals surface area contributed by atoms with Crippen molar-refractivity contribution in [3.63, 3.8) is 0 Å². The van der Waals surface area contributed by atoms with Crippen LogP contribution in [0, 0.1) is 0 Å². The first-order valence-electron chi connectivity index (χ1n) is 5.58. The number of ether oxygens (including phenoxy) is 2. The summed E-state index contributed by atoms with van der Waals surface area (Å²) in [6, 6.07) is 7.57. The van der Waals surface area contributed by atoms with E-state index in [0.29, 0.717) is 17.2 Å². The van der Waals surface area contributed by atoms with Crippen LogP contribution in [0.2, 0.25) is 0 Å². The van der Waals surface area contributed by atoms with Crippen molar-refractivity contribution in [1.82, 2.24) is 10.2 Å². The van der Waals surface area contributed by atoms with Crippen LogP contribution in [0.4, 0.5) is 0 Å². The second-order valence-corrected chi connectivity index (χ2v) is 4.81. The quantitative estimate of drug-likeness (QED) is 0.609. The molecule has 3 rings (SSSR count). The fourth-order valence-corrected chi connectivity index (χ4v) is 2.28. The minimum atomic E-state index is 0.344. The lowest BCUT2D eigenvalue weighted by Crippen LogP contribution is -1.87. The molecule has 0 bridgehead atoms. The van der Waals surface area contributed by atoms with Gasteiger partial charge >= 0.3 is 0 Å². The third-order valence-electron chi connectivity index (χ3n) is 2.54. The highest BCUT2D eigenvalue weighted by molar-refractivity contribution is 7.99. The fraction of sp³-hybridized carbons (Fsp3) is 0.333. The minimum Gasteiger partial charge on any atom is -0.496 e. The maximum absolute atomic E-state index is 5.60. The third-order valence-corrected chi connectivity index (χ3v) is 3.49. The molecule has 2 aromatic rings. The van der Waals surface area contributed by atoms with Crippen LogP contribution in [0.15, 0.2) is 33.9 Å². The fourth-order valence-electron chi connectivity index (χ4n) is 1.53. The van der Waals surface area contributed by atoms with Crippen molar-refractivity contribution >= 4 is 11.8 Å². The molecular weight excluding hydrogens is 252 g/mol. The van der Waals surface area contributed by atoms with Gasteiger partial charge in [-0.15, -0.1) is 10.2 Å². The maximum atomic E-state index is 5.60. The molecule has 0 N–H and O–H groups in total. The molecule has 18 heavy (non-hydrogen) atoms. The Morgan fingerprint density at radius 3 is 3.00 bits per heavy atom. The second kappa shape index (κ2) is 4.99. The van der Waals surface area contributed by atoms with E-state index < -0.39 is 0 Å². The van der Waals surface area contributed by atoms with E-state index in [1.54, 1.807) is 7.11 Å². The van der Waals surface area contributed by atoms with Crippen molar-refractivity contribution in [1.29, 1.82) is 0 Å². The van der Waals surface area contributed by atoms with Crippen molar-refractivity contribution in [2.75, 3.05) is 19.5 Å². The molecular formula is C12H12N2O3S. The van der Waals surface area contributed by atoms with Gasteiger partial charge in [0.1, 0.15) is 5.75 Å². The van der Waals surface area contributed by atoms with Crippen molar-refractivity contribution < 1.29 is 13.9 Å². The molecule has 94 valence electrons. The highest BCUT2D eigenvalue weighted by Gasteiger charge is 2.23. The molecule has 0 radical (unpaired) electrons. The van der Waals surface area contributed by atoms with E-state index in [1.807, 2.05) is 24.3 Å². The van der Waals surface area contributed by atoms with Crippen LogP contribution in [-0.2, 0) is 4.74 Å². The largest absolute Gasteiger partial charge is 0.496 e. The Morgan fingerprint density at radius 1 is 1.39 bits per heavy atom. The van der Waals surface area contributed by atoms with E-state index in [4.69, 9.17) is 13.9 Å². The second-order valence-electron chi connectivity index (χ2n) is 3.84. The predicted octanol–water partition coefficient (Wildman–Crippen LogP) is 2.24.